The normalized spacial score (nSPS) is 14.1. The van der Waals surface area contributed by atoms with Gasteiger partial charge in [-0.05, 0) is 0 Å². The van der Waals surface area contributed by atoms with Crippen LogP contribution in [0.4, 0.5) is 0 Å². The molecule has 0 aliphatic heterocycles. The van der Waals surface area contributed by atoms with Gasteiger partial charge in [-0.3, -0.25) is 0 Å². The zero-order valence-corrected chi connectivity index (χ0v) is 14.2. The topological polar surface area (TPSA) is 0 Å². The molecule has 0 amide bonds. The fraction of sp³-hybridized carbons (Fsp3) is 0.250. The summed E-state index contributed by atoms with van der Waals surface area (Å²) >= 11 is 1.19. The van der Waals surface area contributed by atoms with Gasteiger partial charge in [-0.25, -0.2) is 0 Å². The fourth-order valence-corrected chi connectivity index (χ4v) is 6.75. The second kappa shape index (κ2) is 7.16. The predicted octanol–water partition coefficient (Wildman–Crippen LogP) is 2.66. The molecule has 18 heavy (non-hydrogen) atoms. The van der Waals surface area contributed by atoms with E-state index in [4.69, 9.17) is 0 Å². The van der Waals surface area contributed by atoms with Crippen molar-refractivity contribution in [1.29, 1.82) is 0 Å². The summed E-state index contributed by atoms with van der Waals surface area (Å²) in [5, 5.41) is 0. The summed E-state index contributed by atoms with van der Waals surface area (Å²) in [7, 11) is 0. The predicted molar refractivity (Wildman–Crippen MR) is 82.5 cm³/mol. The minimum atomic E-state index is 0.594. The molecular weight excluding hydrogens is 350 g/mol. The third kappa shape index (κ3) is 4.30. The van der Waals surface area contributed by atoms with E-state index < -0.39 is 0 Å². The molecule has 0 bridgehead atoms. The van der Waals surface area contributed by atoms with Gasteiger partial charge in [0.2, 0.25) is 0 Å². The first kappa shape index (κ1) is 13.9. The summed E-state index contributed by atoms with van der Waals surface area (Å²) in [6, 6.07) is 21.8. The summed E-state index contributed by atoms with van der Waals surface area (Å²) in [6.07, 6.45) is 0. The second-order valence-corrected chi connectivity index (χ2v) is 10.4. The Morgan fingerprint density at radius 2 is 0.944 bits per heavy atom. The molecule has 94 valence electrons. The summed E-state index contributed by atoms with van der Waals surface area (Å²) in [5.74, 6) is 0. The Morgan fingerprint density at radius 3 is 1.28 bits per heavy atom. The van der Waals surface area contributed by atoms with Crippen molar-refractivity contribution in [1.82, 2.24) is 0 Å². The molecule has 0 radical (unpaired) electrons. The van der Waals surface area contributed by atoms with Crippen LogP contribution in [-0.2, 0) is 0 Å². The van der Waals surface area contributed by atoms with Gasteiger partial charge in [0.25, 0.3) is 0 Å². The average Bonchev–Trinajstić information content (AvgIpc) is 2.41. The van der Waals surface area contributed by atoms with Gasteiger partial charge in [0.1, 0.15) is 0 Å². The SMILES string of the molecule is CC([Se]c1ccccc1)C(C)[Se]c1ccccc1. The first-order valence-electron chi connectivity index (χ1n) is 6.19. The van der Waals surface area contributed by atoms with Crippen LogP contribution in [0.5, 0.6) is 0 Å². The number of benzene rings is 2. The van der Waals surface area contributed by atoms with Crippen molar-refractivity contribution in [2.24, 2.45) is 0 Å². The molecule has 2 heteroatoms. The molecule has 0 saturated carbocycles. The molecule has 0 fully saturated rings. The van der Waals surface area contributed by atoms with Crippen molar-refractivity contribution in [3.05, 3.63) is 60.7 Å². The quantitative estimate of drug-likeness (QED) is 0.712. The Bertz CT molecular complexity index is 408. The zero-order valence-electron chi connectivity index (χ0n) is 10.7. The average molecular weight is 368 g/mol. The Morgan fingerprint density at radius 1 is 0.611 bits per heavy atom. The van der Waals surface area contributed by atoms with Crippen LogP contribution < -0.4 is 8.92 Å². The van der Waals surface area contributed by atoms with E-state index in [1.165, 1.54) is 8.92 Å². The van der Waals surface area contributed by atoms with Crippen molar-refractivity contribution in [3.63, 3.8) is 0 Å². The first-order valence-corrected chi connectivity index (χ1v) is 9.88. The molecule has 2 aromatic rings. The molecule has 2 aromatic carbocycles. The van der Waals surface area contributed by atoms with E-state index >= 15 is 0 Å². The first-order chi connectivity index (χ1) is 8.75. The minimum absolute atomic E-state index is 0.594. The Hall–Kier alpha value is -0.521. The van der Waals surface area contributed by atoms with E-state index in [1.54, 1.807) is 0 Å². The summed E-state index contributed by atoms with van der Waals surface area (Å²) in [6.45, 7) is 4.81. The molecule has 0 nitrogen and oxygen atoms in total. The van der Waals surface area contributed by atoms with E-state index in [1.807, 2.05) is 0 Å². The summed E-state index contributed by atoms with van der Waals surface area (Å²) in [5.41, 5.74) is 0. The van der Waals surface area contributed by atoms with Gasteiger partial charge in [0, 0.05) is 0 Å². The maximum atomic E-state index is 2.41. The third-order valence-electron chi connectivity index (χ3n) is 2.79. The zero-order chi connectivity index (χ0) is 12.8. The van der Waals surface area contributed by atoms with E-state index in [-0.39, 0.29) is 0 Å². The molecule has 0 aliphatic carbocycles. The molecule has 0 aliphatic rings. The molecule has 0 N–H and O–H groups in total. The van der Waals surface area contributed by atoms with E-state index in [0.29, 0.717) is 29.9 Å². The van der Waals surface area contributed by atoms with Crippen LogP contribution in [0.3, 0.4) is 0 Å². The van der Waals surface area contributed by atoms with Gasteiger partial charge in [-0.15, -0.1) is 0 Å². The Labute approximate surface area is 123 Å². The maximum absolute atomic E-state index is 2.41. The molecule has 0 spiro atoms. The molecule has 0 heterocycles. The van der Waals surface area contributed by atoms with Crippen molar-refractivity contribution in [2.75, 3.05) is 0 Å². The van der Waals surface area contributed by atoms with Crippen molar-refractivity contribution >= 4 is 38.8 Å². The van der Waals surface area contributed by atoms with Crippen molar-refractivity contribution < 1.29 is 0 Å². The number of hydrogen-bond donors (Lipinski definition) is 0. The van der Waals surface area contributed by atoms with Gasteiger partial charge in [0.15, 0.2) is 0 Å². The summed E-state index contributed by atoms with van der Waals surface area (Å²) in [4.78, 5) is 1.61. The molecule has 2 atom stereocenters. The Balaban J connectivity index is 1.91. The van der Waals surface area contributed by atoms with Crippen LogP contribution in [0.1, 0.15) is 13.8 Å². The van der Waals surface area contributed by atoms with Crippen LogP contribution in [0.15, 0.2) is 60.7 Å². The van der Waals surface area contributed by atoms with E-state index in [2.05, 4.69) is 74.5 Å². The van der Waals surface area contributed by atoms with Gasteiger partial charge in [0.05, 0.1) is 0 Å². The van der Waals surface area contributed by atoms with Crippen LogP contribution in [-0.4, -0.2) is 29.9 Å². The summed E-state index contributed by atoms with van der Waals surface area (Å²) < 4.78 is 3.04. The van der Waals surface area contributed by atoms with Crippen LogP contribution in [0, 0.1) is 0 Å². The standard InChI is InChI=1S/C16H18Se2/c1-13(17-15-9-5-3-6-10-15)14(2)18-16-11-7-4-8-12-16/h3-14H,1-2H3. The van der Waals surface area contributed by atoms with Crippen molar-refractivity contribution in [2.45, 2.75) is 23.5 Å². The fourth-order valence-electron chi connectivity index (χ4n) is 1.62. The Kier molecular flexibility index (Phi) is 5.53. The second-order valence-electron chi connectivity index (χ2n) is 4.27. The van der Waals surface area contributed by atoms with Gasteiger partial charge in [-0.2, -0.15) is 0 Å². The molecule has 2 unspecified atom stereocenters. The molecule has 0 saturated heterocycles. The van der Waals surface area contributed by atoms with E-state index in [9.17, 15) is 0 Å². The van der Waals surface area contributed by atoms with Crippen LogP contribution in [0.2, 0.25) is 9.63 Å². The third-order valence-corrected chi connectivity index (χ3v) is 9.22. The number of rotatable bonds is 5. The molecule has 0 aromatic heterocycles. The monoisotopic (exact) mass is 370 g/mol. The van der Waals surface area contributed by atoms with Crippen LogP contribution in [0.25, 0.3) is 0 Å². The van der Waals surface area contributed by atoms with Gasteiger partial charge >= 0.3 is 123 Å². The van der Waals surface area contributed by atoms with Gasteiger partial charge < -0.3 is 0 Å². The molecular formula is C16H18Se2. The van der Waals surface area contributed by atoms with Crippen molar-refractivity contribution in [3.8, 4) is 0 Å². The van der Waals surface area contributed by atoms with Gasteiger partial charge in [-0.1, -0.05) is 0 Å². The van der Waals surface area contributed by atoms with E-state index in [0.717, 1.165) is 9.63 Å². The van der Waals surface area contributed by atoms with Crippen LogP contribution >= 0.6 is 0 Å². The molecule has 2 rings (SSSR count). The number of hydrogen-bond acceptors (Lipinski definition) is 0.